The number of sulfone groups is 1. The van der Waals surface area contributed by atoms with Crippen molar-refractivity contribution in [3.63, 3.8) is 0 Å². The minimum Gasteiger partial charge on any atom is -0.343 e. The second-order valence-corrected chi connectivity index (χ2v) is 8.20. The predicted molar refractivity (Wildman–Crippen MR) is 92.7 cm³/mol. The van der Waals surface area contributed by atoms with Crippen LogP contribution in [0.5, 0.6) is 0 Å². The van der Waals surface area contributed by atoms with Gasteiger partial charge in [0.05, 0.1) is 11.4 Å². The SMILES string of the molecule is O=C(NCC(=O)N1CC(S(=O)(=O)c2ccc(F)cc2)C1)c1ccccc1. The highest BCUT2D eigenvalue weighted by Crippen LogP contribution is 2.23. The van der Waals surface area contributed by atoms with Crippen LogP contribution in [-0.4, -0.2) is 50.0 Å². The number of hydrogen-bond acceptors (Lipinski definition) is 4. The molecule has 0 aliphatic carbocycles. The number of nitrogens with zero attached hydrogens (tertiary/aromatic N) is 1. The lowest BCUT2D eigenvalue weighted by Gasteiger charge is -2.38. The van der Waals surface area contributed by atoms with Crippen LogP contribution in [0.3, 0.4) is 0 Å². The van der Waals surface area contributed by atoms with Crippen molar-refractivity contribution in [1.29, 1.82) is 0 Å². The third-order valence-electron chi connectivity index (χ3n) is 4.22. The summed E-state index contributed by atoms with van der Waals surface area (Å²) in [4.78, 5) is 25.4. The van der Waals surface area contributed by atoms with Crippen LogP contribution in [0.4, 0.5) is 4.39 Å². The van der Waals surface area contributed by atoms with Gasteiger partial charge >= 0.3 is 0 Å². The van der Waals surface area contributed by atoms with Crippen molar-refractivity contribution in [2.45, 2.75) is 10.1 Å². The van der Waals surface area contributed by atoms with Crippen LogP contribution in [0.1, 0.15) is 10.4 Å². The number of rotatable bonds is 5. The highest BCUT2D eigenvalue weighted by molar-refractivity contribution is 7.92. The molecule has 1 aliphatic rings. The summed E-state index contributed by atoms with van der Waals surface area (Å²) in [5.41, 5.74) is 0.445. The largest absolute Gasteiger partial charge is 0.343 e. The summed E-state index contributed by atoms with van der Waals surface area (Å²) in [7, 11) is -3.61. The molecule has 2 aromatic carbocycles. The molecule has 0 bridgehead atoms. The van der Waals surface area contributed by atoms with Crippen molar-refractivity contribution >= 4 is 21.7 Å². The molecule has 3 rings (SSSR count). The van der Waals surface area contributed by atoms with Crippen molar-refractivity contribution in [3.8, 4) is 0 Å². The molecule has 1 N–H and O–H groups in total. The van der Waals surface area contributed by atoms with E-state index in [-0.39, 0.29) is 36.3 Å². The van der Waals surface area contributed by atoms with Gasteiger partial charge < -0.3 is 10.2 Å². The van der Waals surface area contributed by atoms with Gasteiger partial charge in [0.1, 0.15) is 11.1 Å². The first-order valence-electron chi connectivity index (χ1n) is 7.98. The second-order valence-electron chi connectivity index (χ2n) is 5.97. The van der Waals surface area contributed by atoms with E-state index in [1.165, 1.54) is 17.0 Å². The van der Waals surface area contributed by atoms with Gasteiger partial charge in [-0.1, -0.05) is 18.2 Å². The molecule has 6 nitrogen and oxygen atoms in total. The first-order chi connectivity index (χ1) is 12.4. The Bertz CT molecular complexity index is 908. The molecule has 0 unspecified atom stereocenters. The second kappa shape index (κ2) is 7.25. The van der Waals surface area contributed by atoms with Crippen LogP contribution in [0, 0.1) is 5.82 Å². The van der Waals surface area contributed by atoms with Crippen LogP contribution < -0.4 is 5.32 Å². The third-order valence-corrected chi connectivity index (χ3v) is 6.32. The van der Waals surface area contributed by atoms with E-state index < -0.39 is 20.9 Å². The number of nitrogens with one attached hydrogen (secondary N) is 1. The lowest BCUT2D eigenvalue weighted by atomic mass is 10.2. The summed E-state index contributed by atoms with van der Waals surface area (Å²) < 4.78 is 37.8. The van der Waals surface area contributed by atoms with Crippen LogP contribution in [-0.2, 0) is 14.6 Å². The van der Waals surface area contributed by atoms with E-state index in [0.29, 0.717) is 5.56 Å². The molecule has 0 spiro atoms. The minimum atomic E-state index is -3.61. The average Bonchev–Trinajstić information content (AvgIpc) is 2.59. The van der Waals surface area contributed by atoms with Crippen LogP contribution in [0.15, 0.2) is 59.5 Å². The van der Waals surface area contributed by atoms with E-state index in [1.54, 1.807) is 30.3 Å². The fourth-order valence-electron chi connectivity index (χ4n) is 2.61. The van der Waals surface area contributed by atoms with Gasteiger partial charge in [-0.2, -0.15) is 0 Å². The van der Waals surface area contributed by atoms with Gasteiger partial charge in [-0.3, -0.25) is 9.59 Å². The number of hydrogen-bond donors (Lipinski definition) is 1. The average molecular weight is 376 g/mol. The maximum atomic E-state index is 12.9. The smallest absolute Gasteiger partial charge is 0.251 e. The quantitative estimate of drug-likeness (QED) is 0.796. The zero-order valence-electron chi connectivity index (χ0n) is 13.8. The van der Waals surface area contributed by atoms with Gasteiger partial charge in [0.25, 0.3) is 5.91 Å². The number of halogens is 1. The summed E-state index contributed by atoms with van der Waals surface area (Å²) in [6, 6.07) is 13.1. The molecule has 1 aliphatic heterocycles. The van der Waals surface area contributed by atoms with E-state index in [1.807, 2.05) is 0 Å². The first-order valence-corrected chi connectivity index (χ1v) is 9.53. The van der Waals surface area contributed by atoms with E-state index in [9.17, 15) is 22.4 Å². The Hall–Kier alpha value is -2.74. The molecule has 2 amide bonds. The molecule has 1 saturated heterocycles. The Morgan fingerprint density at radius 2 is 1.65 bits per heavy atom. The monoisotopic (exact) mass is 376 g/mol. The van der Waals surface area contributed by atoms with Gasteiger partial charge in [0.2, 0.25) is 5.91 Å². The number of carbonyl (C=O) groups excluding carboxylic acids is 2. The fraction of sp³-hybridized carbons (Fsp3) is 0.222. The van der Waals surface area contributed by atoms with E-state index in [0.717, 1.165) is 12.1 Å². The van der Waals surface area contributed by atoms with Crippen molar-refractivity contribution in [1.82, 2.24) is 10.2 Å². The lowest BCUT2D eigenvalue weighted by molar-refractivity contribution is -0.133. The zero-order valence-corrected chi connectivity index (χ0v) is 14.6. The van der Waals surface area contributed by atoms with Crippen molar-refractivity contribution in [3.05, 3.63) is 66.0 Å². The molecule has 0 radical (unpaired) electrons. The van der Waals surface area contributed by atoms with Crippen molar-refractivity contribution < 1.29 is 22.4 Å². The third kappa shape index (κ3) is 3.75. The summed E-state index contributed by atoms with van der Waals surface area (Å²) >= 11 is 0. The molecule has 8 heteroatoms. The van der Waals surface area contributed by atoms with Crippen LogP contribution in [0.25, 0.3) is 0 Å². The zero-order chi connectivity index (χ0) is 18.7. The topological polar surface area (TPSA) is 83.6 Å². The maximum absolute atomic E-state index is 12.9. The molecule has 26 heavy (non-hydrogen) atoms. The molecule has 0 saturated carbocycles. The summed E-state index contributed by atoms with van der Waals surface area (Å²) in [6.07, 6.45) is 0. The number of amides is 2. The first kappa shape index (κ1) is 18.1. The summed E-state index contributed by atoms with van der Waals surface area (Å²) in [6.45, 7) is -0.0868. The van der Waals surface area contributed by atoms with Gasteiger partial charge in [0, 0.05) is 18.7 Å². The molecular weight excluding hydrogens is 359 g/mol. The van der Waals surface area contributed by atoms with Crippen molar-refractivity contribution in [2.24, 2.45) is 0 Å². The van der Waals surface area contributed by atoms with Crippen LogP contribution >= 0.6 is 0 Å². The van der Waals surface area contributed by atoms with Crippen LogP contribution in [0.2, 0.25) is 0 Å². The molecular formula is C18H17FN2O4S. The molecule has 136 valence electrons. The van der Waals surface area contributed by atoms with Gasteiger partial charge in [0.15, 0.2) is 9.84 Å². The van der Waals surface area contributed by atoms with Gasteiger partial charge in [-0.25, -0.2) is 12.8 Å². The lowest BCUT2D eigenvalue weighted by Crippen LogP contribution is -2.58. The Balaban J connectivity index is 1.52. The normalized spacial score (nSPS) is 14.6. The molecule has 0 aromatic heterocycles. The highest BCUT2D eigenvalue weighted by atomic mass is 32.2. The molecule has 1 fully saturated rings. The minimum absolute atomic E-state index is 0.0355. The summed E-state index contributed by atoms with van der Waals surface area (Å²) in [5, 5.41) is 1.80. The Labute approximate surface area is 150 Å². The Morgan fingerprint density at radius 1 is 1.04 bits per heavy atom. The Morgan fingerprint density at radius 3 is 2.27 bits per heavy atom. The van der Waals surface area contributed by atoms with E-state index in [2.05, 4.69) is 5.32 Å². The van der Waals surface area contributed by atoms with E-state index >= 15 is 0 Å². The standard InChI is InChI=1S/C18H17FN2O4S/c19-14-6-8-15(9-7-14)26(24,25)16-11-21(12-16)17(22)10-20-18(23)13-4-2-1-3-5-13/h1-9,16H,10-12H2,(H,20,23). The number of carbonyl (C=O) groups is 2. The molecule has 1 heterocycles. The van der Waals surface area contributed by atoms with E-state index in [4.69, 9.17) is 0 Å². The maximum Gasteiger partial charge on any atom is 0.251 e. The highest BCUT2D eigenvalue weighted by Gasteiger charge is 2.40. The van der Waals surface area contributed by atoms with Crippen molar-refractivity contribution in [2.75, 3.05) is 19.6 Å². The number of likely N-dealkylation sites (tertiary alicyclic amines) is 1. The van der Waals surface area contributed by atoms with Gasteiger partial charge in [-0.15, -0.1) is 0 Å². The fourth-order valence-corrected chi connectivity index (χ4v) is 4.27. The molecule has 0 atom stereocenters. The summed E-state index contributed by atoms with van der Waals surface area (Å²) in [5.74, 6) is -1.22. The number of benzene rings is 2. The Kier molecular flexibility index (Phi) is 5.03. The predicted octanol–water partition coefficient (Wildman–Crippen LogP) is 1.24. The van der Waals surface area contributed by atoms with Gasteiger partial charge in [-0.05, 0) is 36.4 Å². The molecule has 2 aromatic rings.